The molecule has 11 heteroatoms. The van der Waals surface area contributed by atoms with Gasteiger partial charge in [-0.25, -0.2) is 0 Å². The van der Waals surface area contributed by atoms with Crippen molar-refractivity contribution in [1.82, 2.24) is 15.1 Å². The van der Waals surface area contributed by atoms with Crippen LogP contribution in [0.4, 0.5) is 5.69 Å². The van der Waals surface area contributed by atoms with Crippen molar-refractivity contribution in [2.45, 2.75) is 69.4 Å². The zero-order valence-electron chi connectivity index (χ0n) is 23.6. The number of carbonyl (C=O) groups excluding carboxylic acids is 4. The molecule has 2 aliphatic heterocycles. The van der Waals surface area contributed by atoms with Crippen LogP contribution < -0.4 is 16.0 Å². The number of hydrogen-bond donors (Lipinski definition) is 2. The molecule has 4 amide bonds. The zero-order valence-corrected chi connectivity index (χ0v) is 25.1. The lowest BCUT2D eigenvalue weighted by Gasteiger charge is -2.43. The normalized spacial score (nSPS) is 18.9. The number of anilines is 1. The molecular weight excluding hydrogens is 577 g/mol. The second-order valence-corrected chi connectivity index (χ2v) is 12.3. The first-order valence-corrected chi connectivity index (χ1v) is 15.4. The highest BCUT2D eigenvalue weighted by molar-refractivity contribution is 6.40. The molecule has 0 atom stereocenters. The Morgan fingerprint density at radius 2 is 1.67 bits per heavy atom. The fraction of sp³-hybridized carbons (Fsp3) is 0.484. The van der Waals surface area contributed by atoms with Gasteiger partial charge in [-0.05, 0) is 55.9 Å². The van der Waals surface area contributed by atoms with E-state index >= 15 is 0 Å². The molecule has 3 fully saturated rings. The molecule has 0 radical (unpaired) electrons. The minimum atomic E-state index is -0.820. The van der Waals surface area contributed by atoms with Gasteiger partial charge in [0, 0.05) is 31.2 Å². The van der Waals surface area contributed by atoms with Gasteiger partial charge in [0.2, 0.25) is 11.8 Å². The smallest absolute Gasteiger partial charge is 0.251 e. The maximum Gasteiger partial charge on any atom is 0.251 e. The first-order valence-electron chi connectivity index (χ1n) is 14.7. The third kappa shape index (κ3) is 6.22. The molecule has 3 aliphatic rings. The van der Waals surface area contributed by atoms with E-state index in [4.69, 9.17) is 28.9 Å². The van der Waals surface area contributed by atoms with Crippen LogP contribution in [0.25, 0.3) is 0 Å². The van der Waals surface area contributed by atoms with Crippen LogP contribution in [0.3, 0.4) is 0 Å². The van der Waals surface area contributed by atoms with Gasteiger partial charge in [0.15, 0.2) is 0 Å². The first-order chi connectivity index (χ1) is 20.2. The summed E-state index contributed by atoms with van der Waals surface area (Å²) in [6, 6.07) is 13.2. The third-order valence-corrected chi connectivity index (χ3v) is 9.60. The number of nitrogens with two attached hydrogens (primary N) is 1. The second-order valence-electron chi connectivity index (χ2n) is 11.5. The summed E-state index contributed by atoms with van der Waals surface area (Å²) in [5.74, 6) is -0.960. The number of likely N-dealkylation sites (tertiary alicyclic amines) is 1. The average Bonchev–Trinajstić information content (AvgIpc) is 3.23. The number of nitrogens with one attached hydrogen (secondary N) is 1. The topological polar surface area (TPSA) is 116 Å². The number of benzene rings is 2. The molecule has 5 rings (SSSR count). The highest BCUT2D eigenvalue weighted by atomic mass is 35.5. The zero-order chi connectivity index (χ0) is 29.9. The van der Waals surface area contributed by atoms with Gasteiger partial charge in [-0.1, -0.05) is 66.7 Å². The molecule has 9 nitrogen and oxygen atoms in total. The summed E-state index contributed by atoms with van der Waals surface area (Å²) in [6.45, 7) is 1.18. The van der Waals surface area contributed by atoms with Gasteiger partial charge in [0.25, 0.3) is 11.8 Å². The maximum atomic E-state index is 14.0. The Labute approximate surface area is 256 Å². The van der Waals surface area contributed by atoms with Crippen molar-refractivity contribution in [3.8, 4) is 0 Å². The molecule has 2 heterocycles. The van der Waals surface area contributed by atoms with Crippen LogP contribution in [0.5, 0.6) is 0 Å². The van der Waals surface area contributed by atoms with Crippen LogP contribution in [0.15, 0.2) is 42.5 Å². The summed E-state index contributed by atoms with van der Waals surface area (Å²) in [7, 11) is 0. The lowest BCUT2D eigenvalue weighted by Crippen LogP contribution is -2.57. The molecule has 1 spiro atoms. The molecule has 1 saturated carbocycles. The molecule has 0 unspecified atom stereocenters. The van der Waals surface area contributed by atoms with Crippen LogP contribution in [0.1, 0.15) is 67.3 Å². The predicted molar refractivity (Wildman–Crippen MR) is 162 cm³/mol. The van der Waals surface area contributed by atoms with Crippen molar-refractivity contribution in [2.24, 2.45) is 5.73 Å². The summed E-state index contributed by atoms with van der Waals surface area (Å²) in [6.07, 6.45) is 6.85. The molecule has 2 aromatic rings. The van der Waals surface area contributed by atoms with Crippen molar-refractivity contribution < 1.29 is 19.2 Å². The van der Waals surface area contributed by atoms with E-state index < -0.39 is 11.4 Å². The molecule has 2 aromatic carbocycles. The monoisotopic (exact) mass is 613 g/mol. The van der Waals surface area contributed by atoms with Gasteiger partial charge in [-0.2, -0.15) is 0 Å². The minimum absolute atomic E-state index is 0.0260. The van der Waals surface area contributed by atoms with E-state index in [-0.39, 0.29) is 52.3 Å². The van der Waals surface area contributed by atoms with E-state index in [1.54, 1.807) is 21.9 Å². The van der Waals surface area contributed by atoms with Gasteiger partial charge in [-0.15, -0.1) is 0 Å². The third-order valence-electron chi connectivity index (χ3n) is 8.86. The summed E-state index contributed by atoms with van der Waals surface area (Å²) >= 11 is 12.4. The van der Waals surface area contributed by atoms with Crippen LogP contribution in [-0.2, 0) is 20.8 Å². The molecule has 0 bridgehead atoms. The molecule has 224 valence electrons. The lowest BCUT2D eigenvalue weighted by molar-refractivity contribution is -0.140. The van der Waals surface area contributed by atoms with E-state index in [2.05, 4.69) is 10.2 Å². The number of carbonyl (C=O) groups is 4. The van der Waals surface area contributed by atoms with Crippen molar-refractivity contribution in [2.75, 3.05) is 31.2 Å². The highest BCUT2D eigenvalue weighted by Crippen LogP contribution is 2.39. The van der Waals surface area contributed by atoms with Gasteiger partial charge >= 0.3 is 0 Å². The fourth-order valence-electron chi connectivity index (χ4n) is 6.56. The van der Waals surface area contributed by atoms with Gasteiger partial charge in [-0.3, -0.25) is 19.2 Å². The van der Waals surface area contributed by atoms with Crippen LogP contribution in [0, 0.1) is 0 Å². The Bertz CT molecular complexity index is 1340. The summed E-state index contributed by atoms with van der Waals surface area (Å²) in [5, 5.41) is 3.48. The Balaban J connectivity index is 1.25. The number of para-hydroxylation sites is 1. The maximum absolute atomic E-state index is 14.0. The Kier molecular flexibility index (Phi) is 9.28. The van der Waals surface area contributed by atoms with Gasteiger partial charge < -0.3 is 25.8 Å². The van der Waals surface area contributed by atoms with E-state index in [0.717, 1.165) is 31.4 Å². The lowest BCUT2D eigenvalue weighted by atomic mass is 9.85. The molecular formula is C31H37Cl2N5O4. The standard InChI is InChI=1S/C31H37Cl2N5O4/c32-24-13-11-21(28(33)27(24)29(34)41)12-14-26(40)36-17-15-31(16-18-36)30(42)37(20-38(31)23-9-5-2-6-10-23)19-25(39)35-22-7-3-1-4-8-22/h2,5-6,9-11,13,22H,1,3-4,7-8,12,14-20H2,(H2,34,41)(H,35,39). The molecule has 1 aliphatic carbocycles. The van der Waals surface area contributed by atoms with Gasteiger partial charge in [0.05, 0.1) is 22.3 Å². The SMILES string of the molecule is NC(=O)c1c(Cl)ccc(CCC(=O)N2CCC3(CC2)C(=O)N(CC(=O)NC2CCCCC2)CN3c2ccccc2)c1Cl. The van der Waals surface area contributed by atoms with Crippen molar-refractivity contribution in [1.29, 1.82) is 0 Å². The van der Waals surface area contributed by atoms with Crippen molar-refractivity contribution in [3.05, 3.63) is 63.6 Å². The number of hydrogen-bond acceptors (Lipinski definition) is 5. The highest BCUT2D eigenvalue weighted by Gasteiger charge is 2.54. The first kappa shape index (κ1) is 30.2. The Hall–Kier alpha value is -3.30. The summed E-state index contributed by atoms with van der Waals surface area (Å²) < 4.78 is 0. The summed E-state index contributed by atoms with van der Waals surface area (Å²) in [4.78, 5) is 57.4. The Morgan fingerprint density at radius 3 is 2.33 bits per heavy atom. The molecule has 42 heavy (non-hydrogen) atoms. The fourth-order valence-corrected chi connectivity index (χ4v) is 7.21. The summed E-state index contributed by atoms with van der Waals surface area (Å²) in [5.41, 5.74) is 6.20. The second kappa shape index (κ2) is 12.9. The largest absolute Gasteiger partial charge is 0.366 e. The number of halogens is 2. The molecule has 3 N–H and O–H groups in total. The van der Waals surface area contributed by atoms with Crippen LogP contribution in [0.2, 0.25) is 10.0 Å². The van der Waals surface area contributed by atoms with Crippen LogP contribution >= 0.6 is 23.2 Å². The molecule has 0 aromatic heterocycles. The Morgan fingerprint density at radius 1 is 0.976 bits per heavy atom. The number of rotatable bonds is 8. The molecule has 2 saturated heterocycles. The number of piperidine rings is 1. The van der Waals surface area contributed by atoms with E-state index in [1.807, 2.05) is 30.3 Å². The van der Waals surface area contributed by atoms with Crippen molar-refractivity contribution in [3.63, 3.8) is 0 Å². The van der Waals surface area contributed by atoms with Gasteiger partial charge in [0.1, 0.15) is 12.1 Å². The van der Waals surface area contributed by atoms with E-state index in [1.165, 1.54) is 6.42 Å². The van der Waals surface area contributed by atoms with E-state index in [0.29, 0.717) is 44.6 Å². The minimum Gasteiger partial charge on any atom is -0.366 e. The van der Waals surface area contributed by atoms with Crippen molar-refractivity contribution >= 4 is 52.5 Å². The van der Waals surface area contributed by atoms with Crippen LogP contribution in [-0.4, -0.2) is 71.3 Å². The number of aryl methyl sites for hydroxylation is 1. The predicted octanol–water partition coefficient (Wildman–Crippen LogP) is 4.14. The van der Waals surface area contributed by atoms with E-state index in [9.17, 15) is 19.2 Å². The number of primary amides is 1. The number of nitrogens with zero attached hydrogens (tertiary/aromatic N) is 3. The average molecular weight is 615 g/mol. The quantitative estimate of drug-likeness (QED) is 0.464. The number of amides is 4.